The number of rotatable bonds is 2. The molecule has 0 radical (unpaired) electrons. The maximum absolute atomic E-state index is 9.92. The SMILES string of the molecule is NC(C(=O)O)=C(N)C(=O)O. The predicted octanol–water partition coefficient (Wildman–Crippen LogP) is -1.72. The van der Waals surface area contributed by atoms with Crippen molar-refractivity contribution >= 4 is 11.9 Å². The van der Waals surface area contributed by atoms with E-state index in [0.717, 1.165) is 0 Å². The standard InChI is InChI=1S/C4H6N2O4/c5-1(3(7)8)2(6)4(9)10/h5-6H2,(H,7,8)(H,9,10). The summed E-state index contributed by atoms with van der Waals surface area (Å²) in [6.45, 7) is 0. The van der Waals surface area contributed by atoms with E-state index in [1.54, 1.807) is 0 Å². The summed E-state index contributed by atoms with van der Waals surface area (Å²) < 4.78 is 0. The summed E-state index contributed by atoms with van der Waals surface area (Å²) in [5.41, 5.74) is 7.76. The highest BCUT2D eigenvalue weighted by Crippen LogP contribution is 1.89. The Labute approximate surface area is 55.7 Å². The number of carbonyl (C=O) groups is 2. The van der Waals surface area contributed by atoms with Crippen LogP contribution in [-0.2, 0) is 9.59 Å². The molecule has 0 atom stereocenters. The van der Waals surface area contributed by atoms with Crippen molar-refractivity contribution in [2.24, 2.45) is 11.5 Å². The molecule has 10 heavy (non-hydrogen) atoms. The number of aliphatic carboxylic acids is 2. The highest BCUT2D eigenvalue weighted by Gasteiger charge is 2.12. The molecule has 0 rings (SSSR count). The van der Waals surface area contributed by atoms with Gasteiger partial charge in [-0.1, -0.05) is 0 Å². The molecule has 0 unspecified atom stereocenters. The molecule has 0 fully saturated rings. The fourth-order valence-corrected chi connectivity index (χ4v) is 0.230. The minimum Gasteiger partial charge on any atom is -0.477 e. The van der Waals surface area contributed by atoms with E-state index in [9.17, 15) is 9.59 Å². The monoisotopic (exact) mass is 146 g/mol. The maximum Gasteiger partial charge on any atom is 0.354 e. The van der Waals surface area contributed by atoms with Gasteiger partial charge in [0.25, 0.3) is 0 Å². The first kappa shape index (κ1) is 8.28. The van der Waals surface area contributed by atoms with E-state index in [4.69, 9.17) is 21.7 Å². The average Bonchev–Trinajstić information content (AvgIpc) is 1.84. The van der Waals surface area contributed by atoms with Gasteiger partial charge in [0.1, 0.15) is 11.4 Å². The molecule has 0 bridgehead atoms. The van der Waals surface area contributed by atoms with Gasteiger partial charge >= 0.3 is 11.9 Å². The molecule has 0 aromatic rings. The molecule has 6 N–H and O–H groups in total. The fourth-order valence-electron chi connectivity index (χ4n) is 0.230. The highest BCUT2D eigenvalue weighted by atomic mass is 16.4. The van der Waals surface area contributed by atoms with Crippen LogP contribution < -0.4 is 11.5 Å². The van der Waals surface area contributed by atoms with Crippen LogP contribution in [0.2, 0.25) is 0 Å². The lowest BCUT2D eigenvalue weighted by atomic mass is 10.3. The van der Waals surface area contributed by atoms with E-state index >= 15 is 0 Å². The quantitative estimate of drug-likeness (QED) is 0.343. The molecule has 0 amide bonds. The summed E-state index contributed by atoms with van der Waals surface area (Å²) in [4.78, 5) is 19.8. The van der Waals surface area contributed by atoms with Crippen molar-refractivity contribution in [3.05, 3.63) is 11.4 Å². The summed E-state index contributed by atoms with van der Waals surface area (Å²) in [7, 11) is 0. The Morgan fingerprint density at radius 2 is 1.10 bits per heavy atom. The average molecular weight is 146 g/mol. The fraction of sp³-hybridized carbons (Fsp3) is 0. The lowest BCUT2D eigenvalue weighted by Crippen LogP contribution is -2.22. The van der Waals surface area contributed by atoms with Crippen LogP contribution in [0.4, 0.5) is 0 Å². The number of nitrogens with two attached hydrogens (primary N) is 2. The van der Waals surface area contributed by atoms with E-state index in [1.807, 2.05) is 0 Å². The van der Waals surface area contributed by atoms with E-state index in [0.29, 0.717) is 0 Å². The zero-order valence-electron chi connectivity index (χ0n) is 4.87. The van der Waals surface area contributed by atoms with Gasteiger partial charge in [-0.05, 0) is 0 Å². The highest BCUT2D eigenvalue weighted by molar-refractivity contribution is 5.97. The largest absolute Gasteiger partial charge is 0.477 e. The molecule has 56 valence electrons. The van der Waals surface area contributed by atoms with E-state index in [-0.39, 0.29) is 0 Å². The van der Waals surface area contributed by atoms with Gasteiger partial charge in [0.15, 0.2) is 0 Å². The summed E-state index contributed by atoms with van der Waals surface area (Å²) >= 11 is 0. The van der Waals surface area contributed by atoms with E-state index in [1.165, 1.54) is 0 Å². The van der Waals surface area contributed by atoms with Gasteiger partial charge in [-0.15, -0.1) is 0 Å². The van der Waals surface area contributed by atoms with Crippen molar-refractivity contribution < 1.29 is 19.8 Å². The number of hydrogen-bond donors (Lipinski definition) is 4. The number of hydrogen-bond acceptors (Lipinski definition) is 4. The van der Waals surface area contributed by atoms with Crippen LogP contribution in [0.5, 0.6) is 0 Å². The normalized spacial score (nSPS) is 12.0. The minimum absolute atomic E-state index is 0.854. The molecule has 6 nitrogen and oxygen atoms in total. The molecule has 0 aliphatic heterocycles. The van der Waals surface area contributed by atoms with Gasteiger partial charge in [-0.2, -0.15) is 0 Å². The van der Waals surface area contributed by atoms with E-state index < -0.39 is 23.3 Å². The smallest absolute Gasteiger partial charge is 0.354 e. The van der Waals surface area contributed by atoms with Crippen LogP contribution in [0.25, 0.3) is 0 Å². The van der Waals surface area contributed by atoms with Gasteiger partial charge in [0, 0.05) is 0 Å². The number of carboxylic acids is 2. The van der Waals surface area contributed by atoms with Crippen LogP contribution in [0, 0.1) is 0 Å². The Morgan fingerprint density at radius 1 is 0.900 bits per heavy atom. The molecule has 0 saturated carbocycles. The third kappa shape index (κ3) is 1.66. The first-order valence-electron chi connectivity index (χ1n) is 2.18. The van der Waals surface area contributed by atoms with Crippen molar-refractivity contribution in [1.82, 2.24) is 0 Å². The second-order valence-electron chi connectivity index (χ2n) is 1.44. The zero-order chi connectivity index (χ0) is 8.31. The summed E-state index contributed by atoms with van der Waals surface area (Å²) in [6, 6.07) is 0. The second kappa shape index (κ2) is 2.72. The molecule has 0 saturated heterocycles. The van der Waals surface area contributed by atoms with Crippen molar-refractivity contribution in [3.63, 3.8) is 0 Å². The molecule has 0 aliphatic carbocycles. The van der Waals surface area contributed by atoms with E-state index in [2.05, 4.69) is 0 Å². The maximum atomic E-state index is 9.92. The zero-order valence-corrected chi connectivity index (χ0v) is 4.87. The molecular formula is C4H6N2O4. The van der Waals surface area contributed by atoms with Crippen LogP contribution >= 0.6 is 0 Å². The molecule has 0 aromatic heterocycles. The molecule has 0 aromatic carbocycles. The Hall–Kier alpha value is -1.72. The Bertz CT molecular complexity index is 185. The van der Waals surface area contributed by atoms with Gasteiger partial charge in [0.2, 0.25) is 0 Å². The van der Waals surface area contributed by atoms with Crippen LogP contribution in [0.15, 0.2) is 11.4 Å². The molecule has 6 heteroatoms. The lowest BCUT2D eigenvalue weighted by molar-refractivity contribution is -0.136. The van der Waals surface area contributed by atoms with Crippen molar-refractivity contribution in [3.8, 4) is 0 Å². The summed E-state index contributed by atoms with van der Waals surface area (Å²) in [5, 5.41) is 16.2. The molecule has 0 aliphatic rings. The van der Waals surface area contributed by atoms with Crippen LogP contribution in [0.3, 0.4) is 0 Å². The van der Waals surface area contributed by atoms with Crippen molar-refractivity contribution in [2.75, 3.05) is 0 Å². The Morgan fingerprint density at radius 3 is 1.20 bits per heavy atom. The minimum atomic E-state index is -1.54. The van der Waals surface area contributed by atoms with Gasteiger partial charge in [0.05, 0.1) is 0 Å². The van der Waals surface area contributed by atoms with Crippen LogP contribution in [-0.4, -0.2) is 22.2 Å². The molecular weight excluding hydrogens is 140 g/mol. The first-order chi connectivity index (χ1) is 4.46. The van der Waals surface area contributed by atoms with Crippen molar-refractivity contribution in [2.45, 2.75) is 0 Å². The summed E-state index contributed by atoms with van der Waals surface area (Å²) in [5.74, 6) is -3.08. The van der Waals surface area contributed by atoms with Crippen LogP contribution in [0.1, 0.15) is 0 Å². The van der Waals surface area contributed by atoms with Gasteiger partial charge in [-0.3, -0.25) is 0 Å². The Balaban J connectivity index is 4.67. The first-order valence-corrected chi connectivity index (χ1v) is 2.18. The van der Waals surface area contributed by atoms with Gasteiger partial charge in [-0.25, -0.2) is 9.59 Å². The third-order valence-electron chi connectivity index (χ3n) is 0.751. The molecule has 0 spiro atoms. The van der Waals surface area contributed by atoms with Gasteiger partial charge < -0.3 is 21.7 Å². The molecule has 0 heterocycles. The predicted molar refractivity (Wildman–Crippen MR) is 30.7 cm³/mol. The second-order valence-corrected chi connectivity index (χ2v) is 1.44. The topological polar surface area (TPSA) is 127 Å². The Kier molecular flexibility index (Phi) is 2.25. The lowest BCUT2D eigenvalue weighted by Gasteiger charge is -1.95. The third-order valence-corrected chi connectivity index (χ3v) is 0.751. The van der Waals surface area contributed by atoms with Crippen molar-refractivity contribution in [1.29, 1.82) is 0 Å². The number of carboxylic acid groups (broad SMARTS) is 2. The summed E-state index contributed by atoms with van der Waals surface area (Å²) in [6.07, 6.45) is 0.